The molecule has 5 heteroatoms. The number of aromatic nitrogens is 2. The van der Waals surface area contributed by atoms with Gasteiger partial charge in [0.05, 0.1) is 18.3 Å². The van der Waals surface area contributed by atoms with Gasteiger partial charge in [0.25, 0.3) is 0 Å². The maximum absolute atomic E-state index is 12.1. The molecule has 2 rings (SSSR count). The maximum atomic E-state index is 12.1. The van der Waals surface area contributed by atoms with E-state index >= 15 is 0 Å². The fourth-order valence-electron chi connectivity index (χ4n) is 1.94. The van der Waals surface area contributed by atoms with Crippen LogP contribution in [0.2, 0.25) is 0 Å². The van der Waals surface area contributed by atoms with E-state index in [0.29, 0.717) is 6.42 Å². The van der Waals surface area contributed by atoms with Crippen molar-refractivity contribution < 1.29 is 4.79 Å². The second-order valence-electron chi connectivity index (χ2n) is 4.63. The lowest BCUT2D eigenvalue weighted by molar-refractivity contribution is -0.124. The molecule has 0 aliphatic rings. The van der Waals surface area contributed by atoms with Gasteiger partial charge in [-0.15, -0.1) is 0 Å². The summed E-state index contributed by atoms with van der Waals surface area (Å²) in [6.07, 6.45) is 3.80. The first-order chi connectivity index (χ1) is 9.70. The van der Waals surface area contributed by atoms with Crippen LogP contribution in [0.1, 0.15) is 24.1 Å². The van der Waals surface area contributed by atoms with Gasteiger partial charge < -0.3 is 5.32 Å². The van der Waals surface area contributed by atoms with E-state index in [1.165, 1.54) is 0 Å². The van der Waals surface area contributed by atoms with Crippen LogP contribution in [0, 0.1) is 17.2 Å². The fourth-order valence-corrected chi connectivity index (χ4v) is 1.94. The van der Waals surface area contributed by atoms with E-state index in [-0.39, 0.29) is 11.9 Å². The topological polar surface area (TPSA) is 81.6 Å². The molecule has 5 nitrogen and oxygen atoms in total. The molecule has 1 amide bonds. The number of benzene rings is 1. The lowest BCUT2D eigenvalue weighted by Crippen LogP contribution is -2.33. The minimum Gasteiger partial charge on any atom is -0.348 e. The zero-order valence-electron chi connectivity index (χ0n) is 11.2. The molecule has 0 fully saturated rings. The van der Waals surface area contributed by atoms with Gasteiger partial charge >= 0.3 is 0 Å². The van der Waals surface area contributed by atoms with Crippen LogP contribution in [0.5, 0.6) is 0 Å². The van der Waals surface area contributed by atoms with Crippen molar-refractivity contribution in [3.63, 3.8) is 0 Å². The molecular formula is C15H16N4O. The van der Waals surface area contributed by atoms with Gasteiger partial charge in [0, 0.05) is 11.8 Å². The second kappa shape index (κ2) is 6.53. The van der Waals surface area contributed by atoms with Crippen molar-refractivity contribution in [3.8, 4) is 6.07 Å². The number of carbonyl (C=O) groups is 1. The number of H-pyrrole nitrogens is 1. The molecule has 0 saturated carbocycles. The molecule has 0 aliphatic carbocycles. The summed E-state index contributed by atoms with van der Waals surface area (Å²) in [6, 6.07) is 11.4. The highest BCUT2D eigenvalue weighted by Gasteiger charge is 2.20. The third kappa shape index (κ3) is 3.45. The number of amides is 1. The molecule has 2 N–H and O–H groups in total. The van der Waals surface area contributed by atoms with Crippen molar-refractivity contribution >= 4 is 5.91 Å². The summed E-state index contributed by atoms with van der Waals surface area (Å²) in [5.41, 5.74) is 1.86. The highest BCUT2D eigenvalue weighted by Crippen LogP contribution is 2.13. The normalized spacial score (nSPS) is 13.2. The molecule has 0 saturated heterocycles. The first-order valence-corrected chi connectivity index (χ1v) is 6.43. The van der Waals surface area contributed by atoms with E-state index < -0.39 is 5.92 Å². The van der Waals surface area contributed by atoms with E-state index in [1.54, 1.807) is 12.4 Å². The molecule has 1 heterocycles. The average Bonchev–Trinajstić information content (AvgIpc) is 3.00. The summed E-state index contributed by atoms with van der Waals surface area (Å²) in [6.45, 7) is 1.86. The summed E-state index contributed by atoms with van der Waals surface area (Å²) < 4.78 is 0. The van der Waals surface area contributed by atoms with Gasteiger partial charge in [-0.25, -0.2) is 0 Å². The summed E-state index contributed by atoms with van der Waals surface area (Å²) in [5.74, 6) is -0.947. The maximum Gasteiger partial charge on any atom is 0.238 e. The summed E-state index contributed by atoms with van der Waals surface area (Å²) in [5, 5.41) is 18.5. The molecule has 102 valence electrons. The van der Waals surface area contributed by atoms with Gasteiger partial charge in [0.1, 0.15) is 5.92 Å². The van der Waals surface area contributed by atoms with Gasteiger partial charge in [0.2, 0.25) is 5.91 Å². The Morgan fingerprint density at radius 1 is 1.45 bits per heavy atom. The van der Waals surface area contributed by atoms with Crippen molar-refractivity contribution in [3.05, 3.63) is 53.9 Å². The second-order valence-corrected chi connectivity index (χ2v) is 4.63. The van der Waals surface area contributed by atoms with E-state index in [2.05, 4.69) is 21.6 Å². The van der Waals surface area contributed by atoms with Gasteiger partial charge in [-0.05, 0) is 18.9 Å². The van der Waals surface area contributed by atoms with Crippen LogP contribution in [0.3, 0.4) is 0 Å². The SMILES string of the molecule is CC(NC(=O)C(C#N)Cc1ccccc1)c1cn[nH]c1. The van der Waals surface area contributed by atoms with E-state index in [1.807, 2.05) is 37.3 Å². The number of nitrogens with one attached hydrogen (secondary N) is 2. The zero-order valence-corrected chi connectivity index (χ0v) is 11.2. The van der Waals surface area contributed by atoms with Crippen molar-refractivity contribution in [2.24, 2.45) is 5.92 Å². The number of nitrogens with zero attached hydrogens (tertiary/aromatic N) is 2. The van der Waals surface area contributed by atoms with Gasteiger partial charge in [-0.3, -0.25) is 9.89 Å². The molecule has 0 bridgehead atoms. The lowest BCUT2D eigenvalue weighted by Gasteiger charge is -2.15. The van der Waals surface area contributed by atoms with Crippen LogP contribution >= 0.6 is 0 Å². The number of hydrogen-bond acceptors (Lipinski definition) is 3. The number of aromatic amines is 1. The Kier molecular flexibility index (Phi) is 4.51. The number of rotatable bonds is 5. The molecular weight excluding hydrogens is 252 g/mol. The summed E-state index contributed by atoms with van der Waals surface area (Å²) >= 11 is 0. The largest absolute Gasteiger partial charge is 0.348 e. The summed E-state index contributed by atoms with van der Waals surface area (Å²) in [4.78, 5) is 12.1. The third-order valence-electron chi connectivity index (χ3n) is 3.13. The Morgan fingerprint density at radius 3 is 2.80 bits per heavy atom. The van der Waals surface area contributed by atoms with Crippen LogP contribution in [0.15, 0.2) is 42.7 Å². The highest BCUT2D eigenvalue weighted by atomic mass is 16.1. The van der Waals surface area contributed by atoms with Crippen LogP contribution in [-0.4, -0.2) is 16.1 Å². The smallest absolute Gasteiger partial charge is 0.238 e. The Balaban J connectivity index is 1.98. The van der Waals surface area contributed by atoms with Crippen molar-refractivity contribution in [1.82, 2.24) is 15.5 Å². The molecule has 20 heavy (non-hydrogen) atoms. The van der Waals surface area contributed by atoms with Crippen LogP contribution in [0.4, 0.5) is 0 Å². The van der Waals surface area contributed by atoms with E-state index in [9.17, 15) is 10.1 Å². The molecule has 2 unspecified atom stereocenters. The quantitative estimate of drug-likeness (QED) is 0.869. The van der Waals surface area contributed by atoms with Gasteiger partial charge in [0.15, 0.2) is 0 Å². The molecule has 0 radical (unpaired) electrons. The minimum atomic E-state index is -0.688. The van der Waals surface area contributed by atoms with Crippen LogP contribution in [0.25, 0.3) is 0 Å². The third-order valence-corrected chi connectivity index (χ3v) is 3.13. The van der Waals surface area contributed by atoms with E-state index in [4.69, 9.17) is 0 Å². The van der Waals surface area contributed by atoms with Crippen LogP contribution in [-0.2, 0) is 11.2 Å². The Hall–Kier alpha value is -2.61. The molecule has 0 aliphatic heterocycles. The number of nitriles is 1. The molecule has 0 spiro atoms. The standard InChI is InChI=1S/C15H16N4O/c1-11(14-9-17-18-10-14)19-15(20)13(8-16)7-12-5-3-2-4-6-12/h2-6,9-11,13H,7H2,1H3,(H,17,18)(H,19,20). The number of hydrogen-bond donors (Lipinski definition) is 2. The fraction of sp³-hybridized carbons (Fsp3) is 0.267. The Morgan fingerprint density at radius 2 is 2.20 bits per heavy atom. The predicted octanol–water partition coefficient (Wildman–Crippen LogP) is 1.97. The molecule has 2 atom stereocenters. The Bertz CT molecular complexity index is 586. The van der Waals surface area contributed by atoms with E-state index in [0.717, 1.165) is 11.1 Å². The minimum absolute atomic E-state index is 0.173. The molecule has 2 aromatic rings. The Labute approximate surface area is 117 Å². The van der Waals surface area contributed by atoms with Crippen molar-refractivity contribution in [2.45, 2.75) is 19.4 Å². The average molecular weight is 268 g/mol. The van der Waals surface area contributed by atoms with Gasteiger partial charge in [-0.2, -0.15) is 10.4 Å². The molecule has 1 aromatic heterocycles. The first-order valence-electron chi connectivity index (χ1n) is 6.43. The first kappa shape index (κ1) is 13.8. The van der Waals surface area contributed by atoms with Crippen LogP contribution < -0.4 is 5.32 Å². The van der Waals surface area contributed by atoms with Crippen molar-refractivity contribution in [2.75, 3.05) is 0 Å². The zero-order chi connectivity index (χ0) is 14.4. The summed E-state index contributed by atoms with van der Waals surface area (Å²) in [7, 11) is 0. The lowest BCUT2D eigenvalue weighted by atomic mass is 9.99. The van der Waals surface area contributed by atoms with Gasteiger partial charge in [-0.1, -0.05) is 30.3 Å². The van der Waals surface area contributed by atoms with Crippen molar-refractivity contribution in [1.29, 1.82) is 5.26 Å². The number of carbonyl (C=O) groups excluding carboxylic acids is 1. The molecule has 1 aromatic carbocycles. The highest BCUT2D eigenvalue weighted by molar-refractivity contribution is 5.81. The predicted molar refractivity (Wildman–Crippen MR) is 74.4 cm³/mol. The monoisotopic (exact) mass is 268 g/mol.